The van der Waals surface area contributed by atoms with Crippen molar-refractivity contribution in [3.63, 3.8) is 0 Å². The van der Waals surface area contributed by atoms with Crippen molar-refractivity contribution in [2.75, 3.05) is 5.32 Å². The molecule has 0 radical (unpaired) electrons. The number of hydrogen-bond acceptors (Lipinski definition) is 5. The largest absolute Gasteiger partial charge is 0.325 e. The molecule has 0 aliphatic carbocycles. The van der Waals surface area contributed by atoms with Crippen LogP contribution in [0, 0.1) is 13.8 Å². The van der Waals surface area contributed by atoms with Gasteiger partial charge in [0, 0.05) is 17.5 Å². The van der Waals surface area contributed by atoms with E-state index in [4.69, 9.17) is 0 Å². The summed E-state index contributed by atoms with van der Waals surface area (Å²) in [5.74, 6) is 0.594. The number of nitrogens with one attached hydrogen (secondary N) is 2. The summed E-state index contributed by atoms with van der Waals surface area (Å²) in [7, 11) is 0. The molecule has 0 fully saturated rings. The number of H-pyrrole nitrogens is 1. The molecule has 5 nitrogen and oxygen atoms in total. The average Bonchev–Trinajstić information content (AvgIpc) is 2.60. The molecule has 1 atom stereocenters. The van der Waals surface area contributed by atoms with Crippen molar-refractivity contribution >= 4 is 35.1 Å². The van der Waals surface area contributed by atoms with Crippen LogP contribution >= 0.6 is 23.5 Å². The van der Waals surface area contributed by atoms with Gasteiger partial charge in [-0.15, -0.1) is 0 Å². The fourth-order valence-corrected chi connectivity index (χ4v) is 3.95. The first-order valence-corrected chi connectivity index (χ1v) is 11.0. The Morgan fingerprint density at radius 2 is 1.96 bits per heavy atom. The van der Waals surface area contributed by atoms with Gasteiger partial charge in [-0.25, -0.2) is 4.98 Å². The van der Waals surface area contributed by atoms with E-state index in [1.54, 1.807) is 11.8 Å². The van der Waals surface area contributed by atoms with Crippen LogP contribution < -0.4 is 10.9 Å². The second-order valence-corrected chi connectivity index (χ2v) is 9.46. The van der Waals surface area contributed by atoms with E-state index in [0.29, 0.717) is 22.6 Å². The number of aryl methyl sites for hydroxylation is 2. The zero-order valence-corrected chi connectivity index (χ0v) is 18.1. The number of aromatic amines is 1. The maximum absolute atomic E-state index is 12.7. The number of thioether (sulfide) groups is 2. The molecule has 0 aliphatic rings. The van der Waals surface area contributed by atoms with E-state index in [9.17, 15) is 9.59 Å². The van der Waals surface area contributed by atoms with Crippen LogP contribution in [0.4, 0.5) is 5.69 Å². The topological polar surface area (TPSA) is 74.8 Å². The summed E-state index contributed by atoms with van der Waals surface area (Å²) in [6.45, 7) is 10.2. The first-order chi connectivity index (χ1) is 12.8. The van der Waals surface area contributed by atoms with Gasteiger partial charge in [-0.1, -0.05) is 38.6 Å². The van der Waals surface area contributed by atoms with Gasteiger partial charge >= 0.3 is 0 Å². The summed E-state index contributed by atoms with van der Waals surface area (Å²) >= 11 is 3.03. The lowest BCUT2D eigenvalue weighted by Gasteiger charge is -2.15. The Kier molecular flexibility index (Phi) is 7.98. The third kappa shape index (κ3) is 6.74. The molecule has 1 heterocycles. The molecule has 0 aliphatic heterocycles. The average molecular weight is 406 g/mol. The number of amides is 1. The van der Waals surface area contributed by atoms with Gasteiger partial charge in [0.1, 0.15) is 0 Å². The first kappa shape index (κ1) is 21.6. The monoisotopic (exact) mass is 405 g/mol. The van der Waals surface area contributed by atoms with Crippen LogP contribution in [0.2, 0.25) is 0 Å². The smallest absolute Gasteiger partial charge is 0.251 e. The standard InChI is InChI=1S/C20H27N3O2S2/c1-6-17(19(25)21-15-8-7-13(4)14(5)9-15)27-20-22-16(10-18(24)23-20)11-26-12(2)3/h7-10,12,17H,6,11H2,1-5H3,(H,21,25)(H,22,23,24). The van der Waals surface area contributed by atoms with Gasteiger partial charge in [0.05, 0.1) is 10.9 Å². The van der Waals surface area contributed by atoms with Crippen LogP contribution in [0.15, 0.2) is 34.2 Å². The van der Waals surface area contributed by atoms with Gasteiger partial charge in [0.15, 0.2) is 5.16 Å². The van der Waals surface area contributed by atoms with E-state index in [2.05, 4.69) is 29.1 Å². The lowest BCUT2D eigenvalue weighted by atomic mass is 10.1. The van der Waals surface area contributed by atoms with E-state index in [0.717, 1.165) is 16.9 Å². The van der Waals surface area contributed by atoms with Gasteiger partial charge in [-0.05, 0) is 48.8 Å². The molecule has 1 amide bonds. The minimum atomic E-state index is -0.331. The molecule has 2 rings (SSSR count). The number of carbonyl (C=O) groups excluding carboxylic acids is 1. The van der Waals surface area contributed by atoms with E-state index in [-0.39, 0.29) is 16.7 Å². The highest BCUT2D eigenvalue weighted by Crippen LogP contribution is 2.24. The van der Waals surface area contributed by atoms with Crippen LogP contribution in [-0.2, 0) is 10.5 Å². The molecular weight excluding hydrogens is 378 g/mol. The Balaban J connectivity index is 2.09. The molecule has 0 bridgehead atoms. The lowest BCUT2D eigenvalue weighted by molar-refractivity contribution is -0.115. The summed E-state index contributed by atoms with van der Waals surface area (Å²) in [6, 6.07) is 7.39. The third-order valence-electron chi connectivity index (χ3n) is 4.03. The van der Waals surface area contributed by atoms with Crippen molar-refractivity contribution < 1.29 is 4.79 Å². The molecule has 2 aromatic rings. The van der Waals surface area contributed by atoms with Crippen molar-refractivity contribution in [2.24, 2.45) is 0 Å². The highest BCUT2D eigenvalue weighted by Gasteiger charge is 2.20. The Bertz CT molecular complexity index is 849. The van der Waals surface area contributed by atoms with Gasteiger partial charge in [0.25, 0.3) is 5.56 Å². The number of anilines is 1. The second-order valence-electron chi connectivity index (χ2n) is 6.70. The minimum Gasteiger partial charge on any atom is -0.325 e. The highest BCUT2D eigenvalue weighted by atomic mass is 32.2. The van der Waals surface area contributed by atoms with Gasteiger partial charge in [-0.2, -0.15) is 11.8 Å². The fraction of sp³-hybridized carbons (Fsp3) is 0.450. The zero-order valence-electron chi connectivity index (χ0n) is 16.5. The number of carbonyl (C=O) groups is 1. The van der Waals surface area contributed by atoms with E-state index in [1.807, 2.05) is 39.0 Å². The first-order valence-electron chi connectivity index (χ1n) is 9.05. The number of aromatic nitrogens is 2. The molecule has 1 aromatic carbocycles. The van der Waals surface area contributed by atoms with Gasteiger partial charge < -0.3 is 10.3 Å². The highest BCUT2D eigenvalue weighted by molar-refractivity contribution is 8.00. The predicted octanol–water partition coefficient (Wildman–Crippen LogP) is 4.54. The van der Waals surface area contributed by atoms with Crippen LogP contribution in [0.5, 0.6) is 0 Å². The SMILES string of the molecule is CCC(Sc1nc(CSC(C)C)cc(=O)[nH]1)C(=O)Nc1ccc(C)c(C)c1. The normalized spacial score (nSPS) is 12.2. The number of nitrogens with zero attached hydrogens (tertiary/aromatic N) is 1. The van der Waals surface area contributed by atoms with Crippen molar-refractivity contribution in [1.29, 1.82) is 0 Å². The van der Waals surface area contributed by atoms with E-state index >= 15 is 0 Å². The van der Waals surface area contributed by atoms with Crippen LogP contribution in [-0.4, -0.2) is 26.4 Å². The maximum Gasteiger partial charge on any atom is 0.251 e. The van der Waals surface area contributed by atoms with Crippen molar-refractivity contribution in [3.8, 4) is 0 Å². The number of hydrogen-bond donors (Lipinski definition) is 2. The summed E-state index contributed by atoms with van der Waals surface area (Å²) in [5.41, 5.74) is 3.66. The molecule has 7 heteroatoms. The molecule has 0 spiro atoms. The fourth-order valence-electron chi connectivity index (χ4n) is 2.36. The Morgan fingerprint density at radius 1 is 1.22 bits per heavy atom. The van der Waals surface area contributed by atoms with E-state index < -0.39 is 0 Å². The summed E-state index contributed by atoms with van der Waals surface area (Å²) in [6.07, 6.45) is 0.635. The van der Waals surface area contributed by atoms with Crippen LogP contribution in [0.3, 0.4) is 0 Å². The third-order valence-corrected chi connectivity index (χ3v) is 6.41. The maximum atomic E-state index is 12.7. The molecule has 27 heavy (non-hydrogen) atoms. The molecule has 146 valence electrons. The predicted molar refractivity (Wildman–Crippen MR) is 116 cm³/mol. The van der Waals surface area contributed by atoms with Gasteiger partial charge in [0.2, 0.25) is 5.91 Å². The summed E-state index contributed by atoms with van der Waals surface area (Å²) in [4.78, 5) is 31.9. The van der Waals surface area contributed by atoms with Crippen molar-refractivity contribution in [2.45, 2.75) is 62.4 Å². The molecular formula is C20H27N3O2S2. The quantitative estimate of drug-likeness (QED) is 0.498. The lowest BCUT2D eigenvalue weighted by Crippen LogP contribution is -2.25. The number of benzene rings is 1. The second kappa shape index (κ2) is 9.99. The Labute approximate surface area is 169 Å². The van der Waals surface area contributed by atoms with Crippen molar-refractivity contribution in [1.82, 2.24) is 9.97 Å². The summed E-state index contributed by atoms with van der Waals surface area (Å²) in [5, 5.41) is 3.59. The molecule has 0 saturated carbocycles. The van der Waals surface area contributed by atoms with E-state index in [1.165, 1.54) is 23.4 Å². The zero-order chi connectivity index (χ0) is 20.0. The molecule has 2 N–H and O–H groups in total. The Hall–Kier alpha value is -1.73. The summed E-state index contributed by atoms with van der Waals surface area (Å²) < 4.78 is 0. The van der Waals surface area contributed by atoms with Crippen LogP contribution in [0.1, 0.15) is 44.0 Å². The van der Waals surface area contributed by atoms with Crippen LogP contribution in [0.25, 0.3) is 0 Å². The van der Waals surface area contributed by atoms with Crippen molar-refractivity contribution in [3.05, 3.63) is 51.4 Å². The molecule has 1 aromatic heterocycles. The number of rotatable bonds is 8. The Morgan fingerprint density at radius 3 is 2.59 bits per heavy atom. The molecule has 0 saturated heterocycles. The molecule has 1 unspecified atom stereocenters. The minimum absolute atomic E-state index is 0.0876. The van der Waals surface area contributed by atoms with Gasteiger partial charge in [-0.3, -0.25) is 9.59 Å².